The normalized spacial score (nSPS) is 22.1. The zero-order valence-corrected chi connectivity index (χ0v) is 10.7. The van der Waals surface area contributed by atoms with Crippen molar-refractivity contribution in [3.05, 3.63) is 53.9 Å². The van der Waals surface area contributed by atoms with Crippen LogP contribution >= 0.6 is 0 Å². The van der Waals surface area contributed by atoms with E-state index < -0.39 is 0 Å². The van der Waals surface area contributed by atoms with Crippen LogP contribution in [-0.4, -0.2) is 15.8 Å². The lowest BCUT2D eigenvalue weighted by Gasteiger charge is -2.06. The Balaban J connectivity index is 1.55. The lowest BCUT2D eigenvalue weighted by Crippen LogP contribution is -2.19. The summed E-state index contributed by atoms with van der Waals surface area (Å²) >= 11 is 0. The molecular formula is C15H19N3. The maximum atomic E-state index is 4.29. The number of benzene rings is 1. The summed E-state index contributed by atoms with van der Waals surface area (Å²) in [6.45, 7) is 3.99. The van der Waals surface area contributed by atoms with Crippen LogP contribution in [0.1, 0.15) is 30.5 Å². The number of hydrogen-bond acceptors (Lipinski definition) is 2. The average Bonchev–Trinajstić information content (AvgIpc) is 3.06. The van der Waals surface area contributed by atoms with E-state index in [1.807, 2.05) is 10.9 Å². The van der Waals surface area contributed by atoms with Crippen LogP contribution in [-0.2, 0) is 13.1 Å². The number of aromatic nitrogens is 2. The van der Waals surface area contributed by atoms with E-state index in [1.54, 1.807) is 0 Å². The molecule has 3 rings (SSSR count). The molecule has 2 unspecified atom stereocenters. The Bertz CT molecular complexity index is 503. The van der Waals surface area contributed by atoms with E-state index in [0.717, 1.165) is 13.1 Å². The largest absolute Gasteiger partial charge is 0.308 e. The third-order valence-corrected chi connectivity index (χ3v) is 3.67. The minimum atomic E-state index is 0.632. The quantitative estimate of drug-likeness (QED) is 0.872. The molecule has 0 amide bonds. The van der Waals surface area contributed by atoms with Crippen LogP contribution in [0.3, 0.4) is 0 Å². The summed E-state index contributed by atoms with van der Waals surface area (Å²) in [5, 5.41) is 7.91. The second-order valence-corrected chi connectivity index (χ2v) is 4.88. The first-order valence-corrected chi connectivity index (χ1v) is 6.67. The molecule has 3 heteroatoms. The third kappa shape index (κ3) is 2.31. The van der Waals surface area contributed by atoms with Crippen molar-refractivity contribution in [1.82, 2.24) is 15.1 Å². The number of nitrogens with zero attached hydrogens (tertiary/aromatic N) is 2. The number of aryl methyl sites for hydroxylation is 1. The maximum Gasteiger partial charge on any atom is 0.0522 e. The van der Waals surface area contributed by atoms with Gasteiger partial charge in [-0.15, -0.1) is 0 Å². The fourth-order valence-electron chi connectivity index (χ4n) is 2.52. The Hall–Kier alpha value is -1.61. The molecule has 0 bridgehead atoms. The molecule has 3 nitrogen and oxygen atoms in total. The summed E-state index contributed by atoms with van der Waals surface area (Å²) in [5.41, 5.74) is 2.73. The molecule has 18 heavy (non-hydrogen) atoms. The first kappa shape index (κ1) is 11.5. The van der Waals surface area contributed by atoms with Gasteiger partial charge in [-0.05, 0) is 25.0 Å². The zero-order chi connectivity index (χ0) is 12.4. The van der Waals surface area contributed by atoms with E-state index in [-0.39, 0.29) is 0 Å². The second-order valence-electron chi connectivity index (χ2n) is 4.88. The fourth-order valence-corrected chi connectivity index (χ4v) is 2.52. The molecule has 0 spiro atoms. The van der Waals surface area contributed by atoms with Gasteiger partial charge >= 0.3 is 0 Å². The highest BCUT2D eigenvalue weighted by molar-refractivity contribution is 5.27. The van der Waals surface area contributed by atoms with E-state index in [4.69, 9.17) is 0 Å². The zero-order valence-electron chi connectivity index (χ0n) is 10.7. The standard InChI is InChI=1S/C15H19N3/c1-2-18-13(8-9-17-18)11-16-15-10-14(15)12-6-4-3-5-7-12/h3-9,14-16H,2,10-11H2,1H3. The summed E-state index contributed by atoms with van der Waals surface area (Å²) < 4.78 is 2.05. The van der Waals surface area contributed by atoms with Gasteiger partial charge in [-0.1, -0.05) is 30.3 Å². The molecule has 0 aliphatic heterocycles. The molecule has 94 valence electrons. The summed E-state index contributed by atoms with van der Waals surface area (Å²) in [6, 6.07) is 13.5. The van der Waals surface area contributed by atoms with Crippen molar-refractivity contribution in [3.63, 3.8) is 0 Å². The molecule has 1 aliphatic rings. The first-order chi connectivity index (χ1) is 8.88. The van der Waals surface area contributed by atoms with Crippen LogP contribution in [0.15, 0.2) is 42.6 Å². The van der Waals surface area contributed by atoms with E-state index in [1.165, 1.54) is 17.7 Å². The number of rotatable bonds is 5. The summed E-state index contributed by atoms with van der Waals surface area (Å²) in [4.78, 5) is 0. The number of hydrogen-bond donors (Lipinski definition) is 1. The summed E-state index contributed by atoms with van der Waals surface area (Å²) in [7, 11) is 0. The van der Waals surface area contributed by atoms with Gasteiger partial charge in [0.15, 0.2) is 0 Å². The van der Waals surface area contributed by atoms with Gasteiger partial charge in [0.25, 0.3) is 0 Å². The van der Waals surface area contributed by atoms with Crippen molar-refractivity contribution in [1.29, 1.82) is 0 Å². The molecule has 0 radical (unpaired) electrons. The van der Waals surface area contributed by atoms with Gasteiger partial charge in [0.2, 0.25) is 0 Å². The highest BCUT2D eigenvalue weighted by atomic mass is 15.3. The van der Waals surface area contributed by atoms with Crippen LogP contribution in [0.5, 0.6) is 0 Å². The number of nitrogens with one attached hydrogen (secondary N) is 1. The van der Waals surface area contributed by atoms with Crippen LogP contribution < -0.4 is 5.32 Å². The van der Waals surface area contributed by atoms with Crippen molar-refractivity contribution in [2.45, 2.75) is 38.4 Å². The molecule has 2 aromatic rings. The van der Waals surface area contributed by atoms with Crippen molar-refractivity contribution in [2.24, 2.45) is 0 Å². The summed E-state index contributed by atoms with van der Waals surface area (Å²) in [5.74, 6) is 0.698. The topological polar surface area (TPSA) is 29.9 Å². The molecule has 1 saturated carbocycles. The van der Waals surface area contributed by atoms with Gasteiger partial charge in [-0.2, -0.15) is 5.10 Å². The monoisotopic (exact) mass is 241 g/mol. The van der Waals surface area contributed by atoms with E-state index in [2.05, 4.69) is 53.7 Å². The minimum Gasteiger partial charge on any atom is -0.308 e. The van der Waals surface area contributed by atoms with Crippen molar-refractivity contribution >= 4 is 0 Å². The Morgan fingerprint density at radius 1 is 1.28 bits per heavy atom. The Morgan fingerprint density at radius 3 is 2.89 bits per heavy atom. The van der Waals surface area contributed by atoms with E-state index >= 15 is 0 Å². The summed E-state index contributed by atoms with van der Waals surface area (Å²) in [6.07, 6.45) is 3.13. The smallest absolute Gasteiger partial charge is 0.0522 e. The lowest BCUT2D eigenvalue weighted by molar-refractivity contribution is 0.576. The molecule has 0 saturated heterocycles. The Labute approximate surface area is 108 Å². The Morgan fingerprint density at radius 2 is 2.11 bits per heavy atom. The van der Waals surface area contributed by atoms with Gasteiger partial charge in [0.1, 0.15) is 0 Å². The molecule has 1 aliphatic carbocycles. The van der Waals surface area contributed by atoms with Gasteiger partial charge in [-0.25, -0.2) is 0 Å². The Kier molecular flexibility index (Phi) is 3.15. The van der Waals surface area contributed by atoms with E-state index in [9.17, 15) is 0 Å². The molecule has 1 heterocycles. The molecular weight excluding hydrogens is 222 g/mol. The molecule has 1 fully saturated rings. The first-order valence-electron chi connectivity index (χ1n) is 6.67. The van der Waals surface area contributed by atoms with Crippen molar-refractivity contribution < 1.29 is 0 Å². The van der Waals surface area contributed by atoms with E-state index in [0.29, 0.717) is 12.0 Å². The maximum absolute atomic E-state index is 4.29. The molecule has 1 aromatic heterocycles. The molecule has 1 aromatic carbocycles. The molecule has 1 N–H and O–H groups in total. The predicted molar refractivity (Wildman–Crippen MR) is 72.3 cm³/mol. The van der Waals surface area contributed by atoms with Gasteiger partial charge < -0.3 is 5.32 Å². The van der Waals surface area contributed by atoms with Gasteiger partial charge in [-0.3, -0.25) is 4.68 Å². The third-order valence-electron chi connectivity index (χ3n) is 3.67. The average molecular weight is 241 g/mol. The minimum absolute atomic E-state index is 0.632. The van der Waals surface area contributed by atoms with Crippen LogP contribution in [0.2, 0.25) is 0 Å². The highest BCUT2D eigenvalue weighted by Crippen LogP contribution is 2.40. The van der Waals surface area contributed by atoms with Gasteiger partial charge in [0, 0.05) is 31.2 Å². The second kappa shape index (κ2) is 4.94. The fraction of sp³-hybridized carbons (Fsp3) is 0.400. The lowest BCUT2D eigenvalue weighted by atomic mass is 10.1. The van der Waals surface area contributed by atoms with Crippen molar-refractivity contribution in [3.8, 4) is 0 Å². The highest BCUT2D eigenvalue weighted by Gasteiger charge is 2.37. The van der Waals surface area contributed by atoms with Crippen molar-refractivity contribution in [2.75, 3.05) is 0 Å². The van der Waals surface area contributed by atoms with Gasteiger partial charge in [0.05, 0.1) is 5.69 Å². The predicted octanol–water partition coefficient (Wildman–Crippen LogP) is 2.55. The SMILES string of the molecule is CCn1nccc1CNC1CC1c1ccccc1. The van der Waals surface area contributed by atoms with Crippen LogP contribution in [0.4, 0.5) is 0 Å². The molecule has 2 atom stereocenters. The van der Waals surface area contributed by atoms with Crippen LogP contribution in [0, 0.1) is 0 Å². The van der Waals surface area contributed by atoms with Crippen LogP contribution in [0.25, 0.3) is 0 Å².